The molecule has 0 aliphatic carbocycles. The normalized spacial score (nSPS) is 13.2. The van der Waals surface area contributed by atoms with Gasteiger partial charge in [-0.1, -0.05) is 36.7 Å². The van der Waals surface area contributed by atoms with Crippen LogP contribution in [0.25, 0.3) is 0 Å². The predicted molar refractivity (Wildman–Crippen MR) is 89.2 cm³/mol. The fourth-order valence-corrected chi connectivity index (χ4v) is 2.23. The molecule has 0 saturated heterocycles. The number of halogens is 1. The Kier molecular flexibility index (Phi) is 6.78. The molecule has 4 nitrogen and oxygen atoms in total. The van der Waals surface area contributed by atoms with Crippen LogP contribution in [0.5, 0.6) is 0 Å². The summed E-state index contributed by atoms with van der Waals surface area (Å²) in [4.78, 5) is 12.6. The van der Waals surface area contributed by atoms with E-state index in [4.69, 9.17) is 21.7 Å². The van der Waals surface area contributed by atoms with E-state index in [1.807, 2.05) is 19.1 Å². The van der Waals surface area contributed by atoms with Crippen molar-refractivity contribution in [2.45, 2.75) is 33.3 Å². The molecule has 1 amide bonds. The van der Waals surface area contributed by atoms with Crippen molar-refractivity contribution >= 4 is 36.0 Å². The summed E-state index contributed by atoms with van der Waals surface area (Å²) in [6.45, 7) is 5.21. The molecule has 0 heterocycles. The minimum absolute atomic E-state index is 0.226. The van der Waals surface area contributed by atoms with E-state index in [1.165, 1.54) is 0 Å². The van der Waals surface area contributed by atoms with Crippen molar-refractivity contribution < 1.29 is 9.53 Å². The van der Waals surface area contributed by atoms with E-state index in [0.29, 0.717) is 22.0 Å². The van der Waals surface area contributed by atoms with E-state index in [-0.39, 0.29) is 5.71 Å². The zero-order valence-electron chi connectivity index (χ0n) is 12.2. The van der Waals surface area contributed by atoms with Crippen LogP contribution in [0.15, 0.2) is 34.9 Å². The molecule has 0 saturated carbocycles. The Morgan fingerprint density at radius 3 is 2.62 bits per heavy atom. The zero-order chi connectivity index (χ0) is 16.0. The lowest BCUT2D eigenvalue weighted by Gasteiger charge is -2.17. The number of allylic oxidation sites excluding steroid dienone is 2. The molecule has 0 unspecified atom stereocenters. The Hall–Kier alpha value is -1.46. The molecule has 0 fully saturated rings. The number of carbonyl (C=O) groups is 1. The third-order valence-electron chi connectivity index (χ3n) is 2.85. The summed E-state index contributed by atoms with van der Waals surface area (Å²) in [5.41, 5.74) is 1.33. The molecule has 0 bridgehead atoms. The first-order valence-electron chi connectivity index (χ1n) is 6.56. The molecule has 1 aromatic rings. The van der Waals surface area contributed by atoms with Crippen molar-refractivity contribution in [3.63, 3.8) is 0 Å². The van der Waals surface area contributed by atoms with Crippen molar-refractivity contribution in [1.29, 1.82) is 5.41 Å². The third-order valence-corrected chi connectivity index (χ3v) is 3.74. The standard InChI is InChI=1S/C15H19ClN2O2S/c1-4-13(21)14(9(2)17)18-15(19)20-10(3)11-7-5-6-8-12(11)16/h5-8,10,17,21H,4H2,1-3H3,(H,18,19)/b14-13+,17-9?/t10-/m1/s1. The van der Waals surface area contributed by atoms with Gasteiger partial charge < -0.3 is 10.1 Å². The van der Waals surface area contributed by atoms with Gasteiger partial charge in [-0.15, -0.1) is 12.6 Å². The molecule has 0 radical (unpaired) electrons. The molecule has 114 valence electrons. The number of thiol groups is 1. The molecule has 0 aliphatic heterocycles. The lowest BCUT2D eigenvalue weighted by Crippen LogP contribution is -2.28. The van der Waals surface area contributed by atoms with Crippen molar-refractivity contribution in [2.24, 2.45) is 0 Å². The molecule has 21 heavy (non-hydrogen) atoms. The monoisotopic (exact) mass is 326 g/mol. The summed E-state index contributed by atoms with van der Waals surface area (Å²) in [5.74, 6) is 0. The summed E-state index contributed by atoms with van der Waals surface area (Å²) in [6.07, 6.45) is -0.505. The second-order valence-corrected chi connectivity index (χ2v) is 5.44. The number of hydrogen-bond donors (Lipinski definition) is 3. The van der Waals surface area contributed by atoms with Gasteiger partial charge in [-0.25, -0.2) is 4.79 Å². The fraction of sp³-hybridized carbons (Fsp3) is 0.333. The average Bonchev–Trinajstić information content (AvgIpc) is 2.44. The first-order valence-corrected chi connectivity index (χ1v) is 7.39. The Bertz CT molecular complexity index is 573. The number of nitrogens with one attached hydrogen (secondary N) is 2. The molecular weight excluding hydrogens is 308 g/mol. The number of amides is 1. The summed E-state index contributed by atoms with van der Waals surface area (Å²) in [5, 5.41) is 10.8. The SMILES string of the molecule is CC/C(S)=C(\NC(=O)O[C@H](C)c1ccccc1Cl)C(C)=N. The van der Waals surface area contributed by atoms with Gasteiger partial charge in [-0.3, -0.25) is 5.32 Å². The third kappa shape index (κ3) is 5.10. The van der Waals surface area contributed by atoms with Crippen LogP contribution in [-0.2, 0) is 4.74 Å². The van der Waals surface area contributed by atoms with Gasteiger partial charge in [0.25, 0.3) is 0 Å². The van der Waals surface area contributed by atoms with Gasteiger partial charge in [-0.05, 0) is 26.3 Å². The van der Waals surface area contributed by atoms with E-state index in [1.54, 1.807) is 26.0 Å². The summed E-state index contributed by atoms with van der Waals surface area (Å²) in [7, 11) is 0. The lowest BCUT2D eigenvalue weighted by atomic mass is 10.1. The molecule has 0 aliphatic rings. The Morgan fingerprint density at radius 1 is 1.48 bits per heavy atom. The number of rotatable bonds is 5. The van der Waals surface area contributed by atoms with Crippen LogP contribution >= 0.6 is 24.2 Å². The number of ether oxygens (including phenoxy) is 1. The van der Waals surface area contributed by atoms with Crippen LogP contribution in [-0.4, -0.2) is 11.8 Å². The van der Waals surface area contributed by atoms with Crippen molar-refractivity contribution in [3.8, 4) is 0 Å². The van der Waals surface area contributed by atoms with Gasteiger partial charge in [-0.2, -0.15) is 0 Å². The molecule has 0 spiro atoms. The van der Waals surface area contributed by atoms with Gasteiger partial charge in [0.2, 0.25) is 0 Å². The fourth-order valence-electron chi connectivity index (χ4n) is 1.72. The van der Waals surface area contributed by atoms with Crippen LogP contribution in [0.2, 0.25) is 5.02 Å². The number of hydrogen-bond acceptors (Lipinski definition) is 4. The highest BCUT2D eigenvalue weighted by molar-refractivity contribution is 7.84. The summed E-state index contributed by atoms with van der Waals surface area (Å²) >= 11 is 10.3. The Morgan fingerprint density at radius 2 is 2.10 bits per heavy atom. The second-order valence-electron chi connectivity index (χ2n) is 4.49. The summed E-state index contributed by atoms with van der Waals surface area (Å²) in [6, 6.07) is 7.18. The van der Waals surface area contributed by atoms with Crippen LogP contribution in [0.1, 0.15) is 38.9 Å². The van der Waals surface area contributed by atoms with Crippen LogP contribution in [0.4, 0.5) is 4.79 Å². The van der Waals surface area contributed by atoms with Crippen LogP contribution < -0.4 is 5.32 Å². The first kappa shape index (κ1) is 17.6. The molecule has 2 N–H and O–H groups in total. The topological polar surface area (TPSA) is 62.2 Å². The maximum Gasteiger partial charge on any atom is 0.412 e. The highest BCUT2D eigenvalue weighted by Crippen LogP contribution is 2.25. The maximum absolute atomic E-state index is 11.9. The molecule has 1 aromatic carbocycles. The van der Waals surface area contributed by atoms with Crippen molar-refractivity contribution in [1.82, 2.24) is 5.32 Å². The van der Waals surface area contributed by atoms with Gasteiger partial charge in [0.1, 0.15) is 6.10 Å². The molecule has 6 heteroatoms. The predicted octanol–water partition coefficient (Wildman–Crippen LogP) is 4.72. The smallest absolute Gasteiger partial charge is 0.412 e. The Labute approximate surface area is 135 Å². The second kappa shape index (κ2) is 8.10. The zero-order valence-corrected chi connectivity index (χ0v) is 13.9. The quantitative estimate of drug-likeness (QED) is 0.541. The minimum Gasteiger partial charge on any atom is -0.441 e. The molecule has 0 aromatic heterocycles. The van der Waals surface area contributed by atoms with Crippen LogP contribution in [0, 0.1) is 5.41 Å². The molecule has 1 rings (SSSR count). The highest BCUT2D eigenvalue weighted by atomic mass is 35.5. The number of alkyl carbamates (subject to hydrolysis) is 1. The number of benzene rings is 1. The van der Waals surface area contributed by atoms with Gasteiger partial charge >= 0.3 is 6.09 Å². The van der Waals surface area contributed by atoms with E-state index in [0.717, 1.165) is 5.56 Å². The van der Waals surface area contributed by atoms with Gasteiger partial charge in [0.05, 0.1) is 11.4 Å². The largest absolute Gasteiger partial charge is 0.441 e. The number of carbonyl (C=O) groups excluding carboxylic acids is 1. The average molecular weight is 327 g/mol. The minimum atomic E-state index is -0.635. The van der Waals surface area contributed by atoms with E-state index >= 15 is 0 Å². The van der Waals surface area contributed by atoms with Gasteiger partial charge in [0.15, 0.2) is 0 Å². The molecule has 1 atom stereocenters. The lowest BCUT2D eigenvalue weighted by molar-refractivity contribution is 0.110. The summed E-state index contributed by atoms with van der Waals surface area (Å²) < 4.78 is 5.29. The van der Waals surface area contributed by atoms with Crippen molar-refractivity contribution in [3.05, 3.63) is 45.5 Å². The van der Waals surface area contributed by atoms with Gasteiger partial charge in [0, 0.05) is 15.5 Å². The molecular formula is C15H19ClN2O2S. The van der Waals surface area contributed by atoms with Crippen LogP contribution in [0.3, 0.4) is 0 Å². The van der Waals surface area contributed by atoms with E-state index in [2.05, 4.69) is 17.9 Å². The van der Waals surface area contributed by atoms with E-state index in [9.17, 15) is 4.79 Å². The maximum atomic E-state index is 11.9. The Balaban J connectivity index is 2.78. The van der Waals surface area contributed by atoms with E-state index < -0.39 is 12.2 Å². The van der Waals surface area contributed by atoms with Crippen molar-refractivity contribution in [2.75, 3.05) is 0 Å². The first-order chi connectivity index (χ1) is 9.86. The highest BCUT2D eigenvalue weighted by Gasteiger charge is 2.16.